The molecule has 0 radical (unpaired) electrons. The van der Waals surface area contributed by atoms with Crippen molar-refractivity contribution in [2.24, 2.45) is 7.05 Å². The van der Waals surface area contributed by atoms with Gasteiger partial charge in [0.25, 0.3) is 0 Å². The van der Waals surface area contributed by atoms with Crippen LogP contribution in [0, 0.1) is 0 Å². The summed E-state index contributed by atoms with van der Waals surface area (Å²) in [5, 5.41) is 0. The van der Waals surface area contributed by atoms with E-state index in [4.69, 9.17) is 0 Å². The first-order chi connectivity index (χ1) is 11.3. The van der Waals surface area contributed by atoms with Gasteiger partial charge < -0.3 is 0 Å². The number of nitrogens with zero attached hydrogens (tertiary/aromatic N) is 1. The van der Waals surface area contributed by atoms with Gasteiger partial charge in [0.15, 0.2) is 12.4 Å². The van der Waals surface area contributed by atoms with E-state index in [1.165, 1.54) is 89.9 Å². The molecule has 1 rings (SSSR count). The molecule has 1 heteroatoms. The van der Waals surface area contributed by atoms with Crippen molar-refractivity contribution in [3.63, 3.8) is 0 Å². The number of rotatable bonds is 14. The van der Waals surface area contributed by atoms with Gasteiger partial charge in [-0.25, -0.2) is 4.57 Å². The number of aromatic nitrogens is 1. The van der Waals surface area contributed by atoms with Gasteiger partial charge in [0.2, 0.25) is 0 Å². The van der Waals surface area contributed by atoms with Crippen molar-refractivity contribution in [3.05, 3.63) is 29.6 Å². The Morgan fingerprint density at radius 3 is 1.70 bits per heavy atom. The van der Waals surface area contributed by atoms with Crippen LogP contribution in [0.5, 0.6) is 0 Å². The molecule has 0 amide bonds. The van der Waals surface area contributed by atoms with Crippen molar-refractivity contribution in [3.8, 4) is 0 Å². The predicted octanol–water partition coefficient (Wildman–Crippen LogP) is 6.32. The van der Waals surface area contributed by atoms with Crippen molar-refractivity contribution < 1.29 is 4.57 Å². The van der Waals surface area contributed by atoms with Gasteiger partial charge in [-0.1, -0.05) is 78.1 Å². The third kappa shape index (κ3) is 9.79. The first-order valence-corrected chi connectivity index (χ1v) is 10.2. The van der Waals surface area contributed by atoms with Gasteiger partial charge in [-0.3, -0.25) is 0 Å². The van der Waals surface area contributed by atoms with Gasteiger partial charge >= 0.3 is 0 Å². The maximum atomic E-state index is 2.36. The highest BCUT2D eigenvalue weighted by atomic mass is 14.9. The molecule has 1 heterocycles. The highest BCUT2D eigenvalue weighted by molar-refractivity contribution is 5.21. The fourth-order valence-corrected chi connectivity index (χ4v) is 3.35. The van der Waals surface area contributed by atoms with E-state index in [2.05, 4.69) is 43.9 Å². The monoisotopic (exact) mass is 318 g/mol. The largest absolute Gasteiger partial charge is 0.208 e. The standard InChI is InChI=1S/C22H40N/c1-4-6-8-10-12-14-16-21-18-19-23(3)20-22(21)17-15-13-11-9-7-5-2/h18-20H,4-17H2,1-3H3/q+1. The molecule has 23 heavy (non-hydrogen) atoms. The molecule has 1 nitrogen and oxygen atoms in total. The Balaban J connectivity index is 2.31. The van der Waals surface area contributed by atoms with E-state index in [0.29, 0.717) is 0 Å². The Morgan fingerprint density at radius 2 is 1.13 bits per heavy atom. The highest BCUT2D eigenvalue weighted by Gasteiger charge is 2.07. The van der Waals surface area contributed by atoms with Crippen LogP contribution in [0.15, 0.2) is 18.5 Å². The Bertz CT molecular complexity index is 397. The number of hydrogen-bond acceptors (Lipinski definition) is 0. The van der Waals surface area contributed by atoms with Gasteiger partial charge in [-0.05, 0) is 31.2 Å². The SMILES string of the molecule is CCCCCCCCc1cc[n+](C)cc1CCCCCCCC. The van der Waals surface area contributed by atoms with Crippen molar-refractivity contribution in [2.45, 2.75) is 104 Å². The lowest BCUT2D eigenvalue weighted by molar-refractivity contribution is -0.672. The third-order valence-electron chi connectivity index (χ3n) is 4.88. The molecular weight excluding hydrogens is 278 g/mol. The lowest BCUT2D eigenvalue weighted by atomic mass is 9.98. The fourth-order valence-electron chi connectivity index (χ4n) is 3.35. The van der Waals surface area contributed by atoms with Crippen LogP contribution in [0.2, 0.25) is 0 Å². The number of pyridine rings is 1. The average Bonchev–Trinajstić information content (AvgIpc) is 2.55. The average molecular weight is 319 g/mol. The maximum absolute atomic E-state index is 2.36. The molecule has 0 aliphatic rings. The summed E-state index contributed by atoms with van der Waals surface area (Å²) < 4.78 is 2.22. The predicted molar refractivity (Wildman–Crippen MR) is 102 cm³/mol. The van der Waals surface area contributed by atoms with Gasteiger partial charge in [0.05, 0.1) is 0 Å². The van der Waals surface area contributed by atoms with Crippen LogP contribution in [0.4, 0.5) is 0 Å². The minimum atomic E-state index is 1.27. The molecule has 1 aromatic heterocycles. The van der Waals surface area contributed by atoms with Crippen LogP contribution < -0.4 is 4.57 Å². The number of aryl methyl sites for hydroxylation is 3. The van der Waals surface area contributed by atoms with Gasteiger partial charge in [-0.2, -0.15) is 0 Å². The van der Waals surface area contributed by atoms with E-state index in [9.17, 15) is 0 Å². The minimum absolute atomic E-state index is 1.27. The zero-order valence-corrected chi connectivity index (χ0v) is 16.1. The van der Waals surface area contributed by atoms with Gasteiger partial charge in [-0.15, -0.1) is 0 Å². The normalized spacial score (nSPS) is 11.1. The lowest BCUT2D eigenvalue weighted by Gasteiger charge is -2.08. The number of unbranched alkanes of at least 4 members (excludes halogenated alkanes) is 10. The summed E-state index contributed by atoms with van der Waals surface area (Å²) in [6.07, 6.45) is 23.8. The first-order valence-electron chi connectivity index (χ1n) is 10.2. The summed E-state index contributed by atoms with van der Waals surface area (Å²) >= 11 is 0. The maximum Gasteiger partial charge on any atom is 0.171 e. The zero-order chi connectivity index (χ0) is 16.8. The summed E-state index contributed by atoms with van der Waals surface area (Å²) in [5.74, 6) is 0. The molecule has 0 spiro atoms. The van der Waals surface area contributed by atoms with Crippen molar-refractivity contribution in [1.29, 1.82) is 0 Å². The molecule has 0 unspecified atom stereocenters. The van der Waals surface area contributed by atoms with Gasteiger partial charge in [0.1, 0.15) is 7.05 Å². The second kappa shape index (κ2) is 13.6. The molecule has 0 aliphatic carbocycles. The minimum Gasteiger partial charge on any atom is -0.208 e. The molecule has 0 fully saturated rings. The van der Waals surface area contributed by atoms with E-state index >= 15 is 0 Å². The summed E-state index contributed by atoms with van der Waals surface area (Å²) in [6, 6.07) is 2.36. The zero-order valence-electron chi connectivity index (χ0n) is 16.1. The molecular formula is C22H40N+. The molecule has 0 atom stereocenters. The van der Waals surface area contributed by atoms with Crippen LogP contribution in [0.3, 0.4) is 0 Å². The van der Waals surface area contributed by atoms with Crippen LogP contribution in [0.1, 0.15) is 102 Å². The van der Waals surface area contributed by atoms with E-state index in [1.807, 2.05) is 0 Å². The Labute approximate surface area is 145 Å². The first kappa shape index (κ1) is 20.2. The van der Waals surface area contributed by atoms with E-state index in [0.717, 1.165) is 0 Å². The summed E-state index contributed by atoms with van der Waals surface area (Å²) in [5.41, 5.74) is 3.20. The van der Waals surface area contributed by atoms with Crippen molar-refractivity contribution in [1.82, 2.24) is 0 Å². The van der Waals surface area contributed by atoms with Crippen molar-refractivity contribution >= 4 is 0 Å². The Kier molecular flexibility index (Phi) is 11.9. The molecule has 132 valence electrons. The highest BCUT2D eigenvalue weighted by Crippen LogP contribution is 2.16. The molecule has 0 N–H and O–H groups in total. The quantitative estimate of drug-likeness (QED) is 0.279. The molecule has 0 bridgehead atoms. The van der Waals surface area contributed by atoms with Crippen LogP contribution >= 0.6 is 0 Å². The Hall–Kier alpha value is -0.850. The lowest BCUT2D eigenvalue weighted by Crippen LogP contribution is -2.27. The summed E-state index contributed by atoms with van der Waals surface area (Å²) in [4.78, 5) is 0. The smallest absolute Gasteiger partial charge is 0.171 e. The molecule has 0 saturated carbocycles. The number of hydrogen-bond donors (Lipinski definition) is 0. The van der Waals surface area contributed by atoms with E-state index in [-0.39, 0.29) is 0 Å². The fraction of sp³-hybridized carbons (Fsp3) is 0.773. The molecule has 0 aliphatic heterocycles. The van der Waals surface area contributed by atoms with Crippen LogP contribution in [0.25, 0.3) is 0 Å². The van der Waals surface area contributed by atoms with Crippen molar-refractivity contribution in [2.75, 3.05) is 0 Å². The van der Waals surface area contributed by atoms with Gasteiger partial charge in [0, 0.05) is 11.6 Å². The van der Waals surface area contributed by atoms with E-state index in [1.54, 1.807) is 11.1 Å². The molecule has 0 saturated heterocycles. The molecule has 0 aromatic carbocycles. The van der Waals surface area contributed by atoms with Crippen LogP contribution in [-0.4, -0.2) is 0 Å². The Morgan fingerprint density at radius 1 is 0.652 bits per heavy atom. The topological polar surface area (TPSA) is 3.88 Å². The molecule has 1 aromatic rings. The third-order valence-corrected chi connectivity index (χ3v) is 4.88. The second-order valence-corrected chi connectivity index (χ2v) is 7.20. The second-order valence-electron chi connectivity index (χ2n) is 7.20. The van der Waals surface area contributed by atoms with Crippen LogP contribution in [-0.2, 0) is 19.9 Å². The van der Waals surface area contributed by atoms with E-state index < -0.39 is 0 Å². The summed E-state index contributed by atoms with van der Waals surface area (Å²) in [6.45, 7) is 4.58. The summed E-state index contributed by atoms with van der Waals surface area (Å²) in [7, 11) is 2.15.